The SMILES string of the molecule is [CH]C1CCC2CCCC2C1. The molecule has 2 saturated carbocycles. The summed E-state index contributed by atoms with van der Waals surface area (Å²) >= 11 is 0. The molecular weight excluding hydrogens is 120 g/mol. The number of hydrogen-bond acceptors (Lipinski definition) is 0. The van der Waals surface area contributed by atoms with Gasteiger partial charge >= 0.3 is 0 Å². The molecule has 2 fully saturated rings. The van der Waals surface area contributed by atoms with E-state index < -0.39 is 0 Å². The third-order valence-electron chi connectivity index (χ3n) is 3.33. The van der Waals surface area contributed by atoms with Gasteiger partial charge in [0.15, 0.2) is 0 Å². The van der Waals surface area contributed by atoms with E-state index in [2.05, 4.69) is 0 Å². The zero-order chi connectivity index (χ0) is 6.97. The molecule has 3 atom stereocenters. The van der Waals surface area contributed by atoms with E-state index in [1.54, 1.807) is 0 Å². The summed E-state index contributed by atoms with van der Waals surface area (Å²) in [5, 5.41) is 0. The van der Waals surface area contributed by atoms with Gasteiger partial charge in [-0.3, -0.25) is 0 Å². The van der Waals surface area contributed by atoms with Crippen LogP contribution >= 0.6 is 0 Å². The zero-order valence-electron chi connectivity index (χ0n) is 6.55. The quantitative estimate of drug-likeness (QED) is 0.480. The Labute approximate surface area is 64.0 Å². The largest absolute Gasteiger partial charge is 0.0528 e. The normalized spacial score (nSPS) is 47.1. The molecule has 0 aromatic heterocycles. The van der Waals surface area contributed by atoms with Crippen molar-refractivity contribution in [3.8, 4) is 0 Å². The van der Waals surface area contributed by atoms with Gasteiger partial charge in [0.2, 0.25) is 0 Å². The van der Waals surface area contributed by atoms with Gasteiger partial charge < -0.3 is 0 Å². The molecule has 2 radical (unpaired) electrons. The summed E-state index contributed by atoms with van der Waals surface area (Å²) in [7, 11) is 0. The molecule has 0 bridgehead atoms. The molecule has 10 heavy (non-hydrogen) atoms. The second-order valence-electron chi connectivity index (χ2n) is 4.02. The van der Waals surface area contributed by atoms with Gasteiger partial charge in [-0.2, -0.15) is 0 Å². The predicted molar refractivity (Wildman–Crippen MR) is 42.5 cm³/mol. The van der Waals surface area contributed by atoms with Crippen LogP contribution in [0.25, 0.3) is 0 Å². The smallest absolute Gasteiger partial charge is 0.0318 e. The van der Waals surface area contributed by atoms with Crippen molar-refractivity contribution < 1.29 is 0 Å². The number of fused-ring (bicyclic) bond motifs is 1. The standard InChI is InChI=1S/C10H16/c1-8-5-6-9-3-2-4-10(9)7-8/h1,8-10H,2-7H2. The van der Waals surface area contributed by atoms with E-state index in [4.69, 9.17) is 6.92 Å². The average molecular weight is 136 g/mol. The molecule has 2 aliphatic carbocycles. The average Bonchev–Trinajstić information content (AvgIpc) is 2.33. The summed E-state index contributed by atoms with van der Waals surface area (Å²) in [5.41, 5.74) is 0. The molecule has 0 spiro atoms. The third-order valence-corrected chi connectivity index (χ3v) is 3.33. The summed E-state index contributed by atoms with van der Waals surface area (Å²) in [6.45, 7) is 5.89. The molecule has 3 unspecified atom stereocenters. The lowest BCUT2D eigenvalue weighted by atomic mass is 9.77. The topological polar surface area (TPSA) is 0 Å². The van der Waals surface area contributed by atoms with Gasteiger partial charge in [-0.1, -0.05) is 19.3 Å². The lowest BCUT2D eigenvalue weighted by Gasteiger charge is -2.29. The van der Waals surface area contributed by atoms with Gasteiger partial charge in [-0.25, -0.2) is 0 Å². The molecule has 0 heterocycles. The predicted octanol–water partition coefficient (Wildman–Crippen LogP) is 2.91. The lowest BCUT2D eigenvalue weighted by Crippen LogP contribution is -2.18. The van der Waals surface area contributed by atoms with Crippen molar-refractivity contribution in [1.82, 2.24) is 0 Å². The first-order valence-electron chi connectivity index (χ1n) is 4.62. The fourth-order valence-corrected chi connectivity index (χ4v) is 2.74. The van der Waals surface area contributed by atoms with Gasteiger partial charge in [0, 0.05) is 0 Å². The molecule has 0 aromatic carbocycles. The van der Waals surface area contributed by atoms with E-state index >= 15 is 0 Å². The molecule has 0 N–H and O–H groups in total. The molecule has 2 aliphatic rings. The van der Waals surface area contributed by atoms with Crippen LogP contribution in [-0.4, -0.2) is 0 Å². The van der Waals surface area contributed by atoms with Crippen LogP contribution in [0.5, 0.6) is 0 Å². The summed E-state index contributed by atoms with van der Waals surface area (Å²) in [6.07, 6.45) is 8.48. The minimum absolute atomic E-state index is 0.541. The Morgan fingerprint density at radius 2 is 1.70 bits per heavy atom. The first kappa shape index (κ1) is 6.69. The van der Waals surface area contributed by atoms with Crippen molar-refractivity contribution >= 4 is 0 Å². The minimum atomic E-state index is 0.541. The monoisotopic (exact) mass is 136 g/mol. The molecule has 0 heteroatoms. The summed E-state index contributed by atoms with van der Waals surface area (Å²) < 4.78 is 0. The lowest BCUT2D eigenvalue weighted by molar-refractivity contribution is 0.235. The Hall–Kier alpha value is 0. The molecule has 0 aromatic rings. The van der Waals surface area contributed by atoms with Gasteiger partial charge in [-0.05, 0) is 43.9 Å². The van der Waals surface area contributed by atoms with E-state index in [1.807, 2.05) is 0 Å². The van der Waals surface area contributed by atoms with Crippen LogP contribution < -0.4 is 0 Å². The Balaban J connectivity index is 1.96. The van der Waals surface area contributed by atoms with Crippen LogP contribution in [0.4, 0.5) is 0 Å². The molecule has 0 amide bonds. The maximum absolute atomic E-state index is 5.89. The summed E-state index contributed by atoms with van der Waals surface area (Å²) in [4.78, 5) is 0. The van der Waals surface area contributed by atoms with Gasteiger partial charge in [0.1, 0.15) is 0 Å². The Morgan fingerprint density at radius 1 is 0.900 bits per heavy atom. The first-order chi connectivity index (χ1) is 4.86. The number of hydrogen-bond donors (Lipinski definition) is 0. The van der Waals surface area contributed by atoms with Crippen molar-refractivity contribution in [3.63, 3.8) is 0 Å². The summed E-state index contributed by atoms with van der Waals surface area (Å²) in [5.74, 6) is 2.63. The minimum Gasteiger partial charge on any atom is -0.0528 e. The first-order valence-corrected chi connectivity index (χ1v) is 4.62. The van der Waals surface area contributed by atoms with Gasteiger partial charge in [0.05, 0.1) is 0 Å². The molecule has 0 saturated heterocycles. The van der Waals surface area contributed by atoms with E-state index in [1.165, 1.54) is 38.5 Å². The van der Waals surface area contributed by atoms with Gasteiger partial charge in [-0.15, -0.1) is 0 Å². The maximum Gasteiger partial charge on any atom is -0.0318 e. The Morgan fingerprint density at radius 3 is 2.60 bits per heavy atom. The van der Waals surface area contributed by atoms with Crippen LogP contribution in [0.1, 0.15) is 38.5 Å². The fraction of sp³-hybridized carbons (Fsp3) is 0.900. The highest BCUT2D eigenvalue weighted by atomic mass is 14.4. The maximum atomic E-state index is 5.89. The van der Waals surface area contributed by atoms with Gasteiger partial charge in [0.25, 0.3) is 0 Å². The fourth-order valence-electron chi connectivity index (χ4n) is 2.74. The van der Waals surface area contributed by atoms with Crippen LogP contribution in [-0.2, 0) is 0 Å². The van der Waals surface area contributed by atoms with Crippen molar-refractivity contribution in [1.29, 1.82) is 0 Å². The molecule has 56 valence electrons. The van der Waals surface area contributed by atoms with Crippen molar-refractivity contribution in [2.24, 2.45) is 17.8 Å². The second kappa shape index (κ2) is 2.56. The highest BCUT2D eigenvalue weighted by molar-refractivity contribution is 4.85. The van der Waals surface area contributed by atoms with Crippen LogP contribution in [0.3, 0.4) is 0 Å². The molecule has 2 rings (SSSR count). The van der Waals surface area contributed by atoms with Crippen LogP contribution in [0.2, 0.25) is 0 Å². The van der Waals surface area contributed by atoms with Crippen molar-refractivity contribution in [2.75, 3.05) is 0 Å². The van der Waals surface area contributed by atoms with Crippen LogP contribution in [0.15, 0.2) is 0 Å². The highest BCUT2D eigenvalue weighted by Crippen LogP contribution is 2.43. The van der Waals surface area contributed by atoms with Crippen molar-refractivity contribution in [3.05, 3.63) is 6.92 Å². The summed E-state index contributed by atoms with van der Waals surface area (Å²) in [6, 6.07) is 0. The Bertz CT molecular complexity index is 117. The van der Waals surface area contributed by atoms with Crippen molar-refractivity contribution in [2.45, 2.75) is 38.5 Å². The number of rotatable bonds is 0. The zero-order valence-corrected chi connectivity index (χ0v) is 6.55. The van der Waals surface area contributed by atoms with E-state index in [0.29, 0.717) is 5.92 Å². The van der Waals surface area contributed by atoms with E-state index in [9.17, 15) is 0 Å². The molecule has 0 nitrogen and oxygen atoms in total. The second-order valence-corrected chi connectivity index (χ2v) is 4.02. The molecule has 0 aliphatic heterocycles. The highest BCUT2D eigenvalue weighted by Gasteiger charge is 2.31. The Kier molecular flexibility index (Phi) is 1.71. The molecular formula is C10H16. The van der Waals surface area contributed by atoms with E-state index in [0.717, 1.165) is 11.8 Å². The third kappa shape index (κ3) is 1.09. The van der Waals surface area contributed by atoms with E-state index in [-0.39, 0.29) is 0 Å². The van der Waals surface area contributed by atoms with Crippen LogP contribution in [0, 0.1) is 24.7 Å².